The molecule has 0 amide bonds. The van der Waals surface area contributed by atoms with E-state index in [0.717, 1.165) is 12.5 Å². The molecule has 6 heteroatoms. The summed E-state index contributed by atoms with van der Waals surface area (Å²) < 4.78 is 13.4. The van der Waals surface area contributed by atoms with Gasteiger partial charge in [0.1, 0.15) is 11.5 Å². The van der Waals surface area contributed by atoms with E-state index in [2.05, 4.69) is 35.1 Å². The summed E-state index contributed by atoms with van der Waals surface area (Å²) in [6, 6.07) is 2.32. The Balaban J connectivity index is 2.89. The van der Waals surface area contributed by atoms with E-state index < -0.39 is 10.7 Å². The van der Waals surface area contributed by atoms with Crippen LogP contribution in [0.5, 0.6) is 0 Å². The molecule has 0 atom stereocenters. The summed E-state index contributed by atoms with van der Waals surface area (Å²) in [5.41, 5.74) is 0.0957. The number of halogens is 2. The quantitative estimate of drug-likeness (QED) is 0.662. The van der Waals surface area contributed by atoms with Gasteiger partial charge in [-0.15, -0.1) is 0 Å². The molecule has 0 heterocycles. The molecule has 0 saturated heterocycles. The molecule has 0 aromatic heterocycles. The van der Waals surface area contributed by atoms with Crippen molar-refractivity contribution in [2.75, 3.05) is 11.9 Å². The third-order valence-corrected chi connectivity index (χ3v) is 2.88. The summed E-state index contributed by atoms with van der Waals surface area (Å²) >= 11 is 2.93. The van der Waals surface area contributed by atoms with Gasteiger partial charge in [0.2, 0.25) is 0 Å². The molecule has 4 nitrogen and oxygen atoms in total. The van der Waals surface area contributed by atoms with Gasteiger partial charge in [-0.1, -0.05) is 13.8 Å². The second-order valence-corrected chi connectivity index (χ2v) is 5.00. The topological polar surface area (TPSA) is 55.2 Å². The monoisotopic (exact) mass is 304 g/mol. The van der Waals surface area contributed by atoms with Crippen molar-refractivity contribution < 1.29 is 9.31 Å². The number of hydrogen-bond donors (Lipinski definition) is 1. The summed E-state index contributed by atoms with van der Waals surface area (Å²) in [6.07, 6.45) is 0.870. The van der Waals surface area contributed by atoms with Crippen LogP contribution in [0.15, 0.2) is 16.6 Å². The van der Waals surface area contributed by atoms with Crippen molar-refractivity contribution in [1.29, 1.82) is 0 Å². The lowest BCUT2D eigenvalue weighted by Crippen LogP contribution is -2.07. The number of nitro benzene ring substituents is 1. The van der Waals surface area contributed by atoms with Gasteiger partial charge in [-0.3, -0.25) is 10.1 Å². The Kier molecular flexibility index (Phi) is 4.86. The standard InChI is InChI=1S/C11H14BrFN2O2/c1-7(2)3-4-14-10-6-9(13)8(12)5-11(10)15(16)17/h5-7,14H,3-4H2,1-2H3. The second-order valence-electron chi connectivity index (χ2n) is 4.15. The van der Waals surface area contributed by atoms with Crippen molar-refractivity contribution in [3.63, 3.8) is 0 Å². The molecule has 0 radical (unpaired) electrons. The van der Waals surface area contributed by atoms with Crippen molar-refractivity contribution in [3.05, 3.63) is 32.5 Å². The normalized spacial score (nSPS) is 10.6. The summed E-state index contributed by atoms with van der Waals surface area (Å²) in [7, 11) is 0. The van der Waals surface area contributed by atoms with Crippen LogP contribution in [-0.4, -0.2) is 11.5 Å². The summed E-state index contributed by atoms with van der Waals surface area (Å²) in [4.78, 5) is 10.3. The van der Waals surface area contributed by atoms with Crippen LogP contribution in [0.25, 0.3) is 0 Å². The first kappa shape index (κ1) is 13.9. The molecule has 0 unspecified atom stereocenters. The molecule has 1 N–H and O–H groups in total. The van der Waals surface area contributed by atoms with Gasteiger partial charge in [0.25, 0.3) is 5.69 Å². The predicted molar refractivity (Wildman–Crippen MR) is 68.7 cm³/mol. The maximum atomic E-state index is 13.3. The molecule has 0 aliphatic carbocycles. The molecule has 94 valence electrons. The number of hydrogen-bond acceptors (Lipinski definition) is 3. The molecule has 1 rings (SSSR count). The third kappa shape index (κ3) is 3.96. The number of nitrogens with one attached hydrogen (secondary N) is 1. The molecule has 0 spiro atoms. The molecule has 1 aromatic rings. The number of benzene rings is 1. The molecule has 17 heavy (non-hydrogen) atoms. The first-order valence-electron chi connectivity index (χ1n) is 5.29. The zero-order valence-corrected chi connectivity index (χ0v) is 11.3. The van der Waals surface area contributed by atoms with Gasteiger partial charge in [0.15, 0.2) is 0 Å². The van der Waals surface area contributed by atoms with Crippen molar-refractivity contribution in [1.82, 2.24) is 0 Å². The number of rotatable bonds is 5. The zero-order valence-electron chi connectivity index (χ0n) is 9.67. The van der Waals surface area contributed by atoms with Gasteiger partial charge in [0.05, 0.1) is 9.40 Å². The first-order chi connectivity index (χ1) is 7.91. The summed E-state index contributed by atoms with van der Waals surface area (Å²) in [5, 5.41) is 13.7. The third-order valence-electron chi connectivity index (χ3n) is 2.27. The molecule has 1 aromatic carbocycles. The highest BCUT2D eigenvalue weighted by Crippen LogP contribution is 2.30. The van der Waals surface area contributed by atoms with E-state index in [1.54, 1.807) is 0 Å². The second kappa shape index (κ2) is 5.95. The fourth-order valence-electron chi connectivity index (χ4n) is 1.32. The van der Waals surface area contributed by atoms with Crippen LogP contribution in [0.2, 0.25) is 0 Å². The van der Waals surface area contributed by atoms with E-state index in [4.69, 9.17) is 0 Å². The molecule has 0 fully saturated rings. The average molecular weight is 305 g/mol. The lowest BCUT2D eigenvalue weighted by Gasteiger charge is -2.09. The average Bonchev–Trinajstić information content (AvgIpc) is 2.22. The van der Waals surface area contributed by atoms with Crippen molar-refractivity contribution in [3.8, 4) is 0 Å². The predicted octanol–water partition coefficient (Wildman–Crippen LogP) is 3.95. The van der Waals surface area contributed by atoms with Crippen molar-refractivity contribution in [2.45, 2.75) is 20.3 Å². The van der Waals surface area contributed by atoms with E-state index in [1.807, 2.05) is 0 Å². The Hall–Kier alpha value is -1.17. The lowest BCUT2D eigenvalue weighted by molar-refractivity contribution is -0.384. The fraction of sp³-hybridized carbons (Fsp3) is 0.455. The van der Waals surface area contributed by atoms with Gasteiger partial charge in [-0.25, -0.2) is 4.39 Å². The first-order valence-corrected chi connectivity index (χ1v) is 6.08. The highest BCUT2D eigenvalue weighted by atomic mass is 79.9. The van der Waals surface area contributed by atoms with Gasteiger partial charge >= 0.3 is 0 Å². The van der Waals surface area contributed by atoms with Crippen LogP contribution in [0, 0.1) is 21.8 Å². The van der Waals surface area contributed by atoms with E-state index >= 15 is 0 Å². The molecule has 0 bridgehead atoms. The molecular weight excluding hydrogens is 291 g/mol. The maximum absolute atomic E-state index is 13.3. The summed E-state index contributed by atoms with van der Waals surface area (Å²) in [5.74, 6) is -0.0236. The molecule has 0 aliphatic heterocycles. The van der Waals surface area contributed by atoms with Crippen LogP contribution in [0.4, 0.5) is 15.8 Å². The van der Waals surface area contributed by atoms with Crippen LogP contribution in [-0.2, 0) is 0 Å². The Morgan fingerprint density at radius 3 is 2.71 bits per heavy atom. The van der Waals surface area contributed by atoms with Crippen molar-refractivity contribution in [2.24, 2.45) is 5.92 Å². The van der Waals surface area contributed by atoms with E-state index in [0.29, 0.717) is 12.5 Å². The Morgan fingerprint density at radius 2 is 2.18 bits per heavy atom. The van der Waals surface area contributed by atoms with Gasteiger partial charge in [0, 0.05) is 18.7 Å². The van der Waals surface area contributed by atoms with Crippen LogP contribution in [0.3, 0.4) is 0 Å². The number of nitro groups is 1. The van der Waals surface area contributed by atoms with Crippen LogP contribution in [0.1, 0.15) is 20.3 Å². The zero-order chi connectivity index (χ0) is 13.0. The highest BCUT2D eigenvalue weighted by Gasteiger charge is 2.17. The molecule has 0 saturated carbocycles. The SMILES string of the molecule is CC(C)CCNc1cc(F)c(Br)cc1[N+](=O)[O-]. The fourth-order valence-corrected chi connectivity index (χ4v) is 1.66. The highest BCUT2D eigenvalue weighted by molar-refractivity contribution is 9.10. The largest absolute Gasteiger partial charge is 0.379 e. The van der Waals surface area contributed by atoms with E-state index in [9.17, 15) is 14.5 Å². The minimum atomic E-state index is -0.526. The van der Waals surface area contributed by atoms with E-state index in [-0.39, 0.29) is 15.8 Å². The Bertz CT molecular complexity index is 424. The van der Waals surface area contributed by atoms with Gasteiger partial charge in [-0.05, 0) is 28.3 Å². The van der Waals surface area contributed by atoms with Crippen molar-refractivity contribution >= 4 is 27.3 Å². The van der Waals surface area contributed by atoms with E-state index in [1.165, 1.54) is 6.07 Å². The summed E-state index contributed by atoms with van der Waals surface area (Å²) in [6.45, 7) is 4.69. The smallest absolute Gasteiger partial charge is 0.293 e. The van der Waals surface area contributed by atoms with Crippen LogP contribution >= 0.6 is 15.9 Å². The number of anilines is 1. The van der Waals surface area contributed by atoms with Crippen LogP contribution < -0.4 is 5.32 Å². The van der Waals surface area contributed by atoms with Gasteiger partial charge < -0.3 is 5.32 Å². The molecule has 0 aliphatic rings. The molecular formula is C11H14BrFN2O2. The minimum Gasteiger partial charge on any atom is -0.379 e. The minimum absolute atomic E-state index is 0.0959. The maximum Gasteiger partial charge on any atom is 0.293 e. The lowest BCUT2D eigenvalue weighted by atomic mass is 10.1. The number of nitrogens with zero attached hydrogens (tertiary/aromatic N) is 1. The Labute approximate surface area is 107 Å². The van der Waals surface area contributed by atoms with Gasteiger partial charge in [-0.2, -0.15) is 0 Å². The Morgan fingerprint density at radius 1 is 1.53 bits per heavy atom.